The molecule has 0 amide bonds. The summed E-state index contributed by atoms with van der Waals surface area (Å²) in [6.07, 6.45) is 0. The van der Waals surface area contributed by atoms with Gasteiger partial charge in [0.25, 0.3) is 0 Å². The summed E-state index contributed by atoms with van der Waals surface area (Å²) in [4.78, 5) is 0. The highest BCUT2D eigenvalue weighted by Gasteiger charge is 2.20. The van der Waals surface area contributed by atoms with Crippen LogP contribution in [0.15, 0.2) is 60.7 Å². The molecule has 1 aromatic heterocycles. The van der Waals surface area contributed by atoms with Gasteiger partial charge in [0.2, 0.25) is 0 Å². The number of nitrogens with one attached hydrogen (secondary N) is 1. The molecule has 134 valence electrons. The lowest BCUT2D eigenvalue weighted by Crippen LogP contribution is -2.28. The van der Waals surface area contributed by atoms with Gasteiger partial charge in [-0.1, -0.05) is 44.2 Å². The lowest BCUT2D eigenvalue weighted by molar-refractivity contribution is 0.552. The Labute approximate surface area is 153 Å². The zero-order valence-electron chi connectivity index (χ0n) is 15.0. The zero-order chi connectivity index (χ0) is 18.6. The molecule has 0 atom stereocenters. The molecule has 4 nitrogen and oxygen atoms in total. The molecule has 26 heavy (non-hydrogen) atoms. The summed E-state index contributed by atoms with van der Waals surface area (Å²) in [5.74, 6) is 0.483. The van der Waals surface area contributed by atoms with E-state index in [0.29, 0.717) is 18.9 Å². The first kappa shape index (κ1) is 18.0. The standard InChI is InChI=1S/C21H23FN4/c1-21(2,17-6-8-18(22)9-7-17)14-24-20-11-10-19(25-26-20)16-5-3-4-15(12-16)13-23/h3-12H,13-14,23H2,1-2H3,(H,24,26). The van der Waals surface area contributed by atoms with Crippen LogP contribution in [0.3, 0.4) is 0 Å². The van der Waals surface area contributed by atoms with Crippen LogP contribution in [0.4, 0.5) is 10.2 Å². The van der Waals surface area contributed by atoms with Gasteiger partial charge in [-0.3, -0.25) is 0 Å². The maximum atomic E-state index is 13.1. The van der Waals surface area contributed by atoms with Crippen molar-refractivity contribution in [3.63, 3.8) is 0 Å². The molecule has 0 bridgehead atoms. The normalized spacial score (nSPS) is 11.4. The van der Waals surface area contributed by atoms with Gasteiger partial charge in [0.15, 0.2) is 0 Å². The maximum Gasteiger partial charge on any atom is 0.148 e. The molecule has 5 heteroatoms. The second kappa shape index (κ2) is 7.62. The van der Waals surface area contributed by atoms with E-state index >= 15 is 0 Å². The molecule has 0 aliphatic rings. The van der Waals surface area contributed by atoms with Crippen LogP contribution >= 0.6 is 0 Å². The second-order valence-corrected chi connectivity index (χ2v) is 6.95. The van der Waals surface area contributed by atoms with Crippen molar-refractivity contribution in [2.75, 3.05) is 11.9 Å². The highest BCUT2D eigenvalue weighted by molar-refractivity contribution is 5.60. The van der Waals surface area contributed by atoms with Crippen LogP contribution in [0, 0.1) is 5.82 Å². The summed E-state index contributed by atoms with van der Waals surface area (Å²) in [6, 6.07) is 18.4. The average Bonchev–Trinajstić information content (AvgIpc) is 2.67. The minimum atomic E-state index is -0.224. The smallest absolute Gasteiger partial charge is 0.148 e. The Morgan fingerprint density at radius 3 is 2.42 bits per heavy atom. The van der Waals surface area contributed by atoms with Crippen molar-refractivity contribution in [2.24, 2.45) is 5.73 Å². The number of anilines is 1. The number of nitrogens with zero attached hydrogens (tertiary/aromatic N) is 2. The monoisotopic (exact) mass is 350 g/mol. The van der Waals surface area contributed by atoms with E-state index in [0.717, 1.165) is 22.4 Å². The van der Waals surface area contributed by atoms with Crippen LogP contribution in [-0.4, -0.2) is 16.7 Å². The van der Waals surface area contributed by atoms with E-state index in [1.807, 2.05) is 48.5 Å². The number of rotatable bonds is 6. The molecule has 1 heterocycles. The Morgan fingerprint density at radius 2 is 1.77 bits per heavy atom. The summed E-state index contributed by atoms with van der Waals surface area (Å²) in [6.45, 7) is 5.37. The van der Waals surface area contributed by atoms with Crippen molar-refractivity contribution in [3.8, 4) is 11.3 Å². The maximum absolute atomic E-state index is 13.1. The number of hydrogen-bond acceptors (Lipinski definition) is 4. The second-order valence-electron chi connectivity index (χ2n) is 6.95. The van der Waals surface area contributed by atoms with Gasteiger partial charge < -0.3 is 11.1 Å². The van der Waals surface area contributed by atoms with Crippen molar-refractivity contribution in [3.05, 3.63) is 77.6 Å². The van der Waals surface area contributed by atoms with E-state index in [9.17, 15) is 4.39 Å². The molecule has 3 aromatic rings. The molecule has 0 spiro atoms. The van der Waals surface area contributed by atoms with Gasteiger partial charge in [-0.15, -0.1) is 10.2 Å². The molecule has 2 aromatic carbocycles. The number of benzene rings is 2. The number of nitrogens with two attached hydrogens (primary N) is 1. The first-order valence-electron chi connectivity index (χ1n) is 8.61. The number of hydrogen-bond donors (Lipinski definition) is 2. The quantitative estimate of drug-likeness (QED) is 0.701. The lowest BCUT2D eigenvalue weighted by atomic mass is 9.84. The van der Waals surface area contributed by atoms with Crippen LogP contribution in [-0.2, 0) is 12.0 Å². The van der Waals surface area contributed by atoms with E-state index in [4.69, 9.17) is 5.73 Å². The molecule has 0 unspecified atom stereocenters. The van der Waals surface area contributed by atoms with Crippen LogP contribution in [0.5, 0.6) is 0 Å². The van der Waals surface area contributed by atoms with Crippen LogP contribution < -0.4 is 11.1 Å². The molecule has 0 saturated carbocycles. The molecule has 0 fully saturated rings. The fraction of sp³-hybridized carbons (Fsp3) is 0.238. The van der Waals surface area contributed by atoms with Crippen molar-refractivity contribution in [2.45, 2.75) is 25.8 Å². The first-order valence-corrected chi connectivity index (χ1v) is 8.61. The highest BCUT2D eigenvalue weighted by atomic mass is 19.1. The van der Waals surface area contributed by atoms with E-state index in [1.54, 1.807) is 0 Å². The summed E-state index contributed by atoms with van der Waals surface area (Å²) >= 11 is 0. The van der Waals surface area contributed by atoms with Gasteiger partial charge in [0, 0.05) is 24.1 Å². The van der Waals surface area contributed by atoms with Crippen LogP contribution in [0.25, 0.3) is 11.3 Å². The summed E-state index contributed by atoms with van der Waals surface area (Å²) in [5.41, 5.74) is 9.46. The summed E-state index contributed by atoms with van der Waals surface area (Å²) in [7, 11) is 0. The number of halogens is 1. The fourth-order valence-electron chi connectivity index (χ4n) is 2.75. The minimum Gasteiger partial charge on any atom is -0.368 e. The predicted molar refractivity (Wildman–Crippen MR) is 103 cm³/mol. The van der Waals surface area contributed by atoms with Crippen molar-refractivity contribution >= 4 is 5.82 Å². The van der Waals surface area contributed by atoms with Crippen LogP contribution in [0.1, 0.15) is 25.0 Å². The first-order chi connectivity index (χ1) is 12.5. The Hall–Kier alpha value is -2.79. The molecule has 0 radical (unpaired) electrons. The van der Waals surface area contributed by atoms with Gasteiger partial charge in [0.05, 0.1) is 5.69 Å². The predicted octanol–water partition coefficient (Wildman–Crippen LogP) is 4.13. The van der Waals surface area contributed by atoms with Gasteiger partial charge in [-0.2, -0.15) is 0 Å². The molecular weight excluding hydrogens is 327 g/mol. The Balaban J connectivity index is 1.68. The number of aromatic nitrogens is 2. The minimum absolute atomic E-state index is 0.163. The average molecular weight is 350 g/mol. The Bertz CT molecular complexity index is 858. The third kappa shape index (κ3) is 4.24. The lowest BCUT2D eigenvalue weighted by Gasteiger charge is -2.25. The Kier molecular flexibility index (Phi) is 5.28. The summed E-state index contributed by atoms with van der Waals surface area (Å²) in [5, 5.41) is 11.9. The molecule has 3 N–H and O–H groups in total. The summed E-state index contributed by atoms with van der Waals surface area (Å²) < 4.78 is 13.1. The molecule has 3 rings (SSSR count). The zero-order valence-corrected chi connectivity index (χ0v) is 15.0. The van der Waals surface area contributed by atoms with Crippen molar-refractivity contribution < 1.29 is 4.39 Å². The molecule has 0 aliphatic heterocycles. The Morgan fingerprint density at radius 1 is 1.00 bits per heavy atom. The molecule has 0 aliphatic carbocycles. The van der Waals surface area contributed by atoms with E-state index in [-0.39, 0.29) is 11.2 Å². The van der Waals surface area contributed by atoms with Crippen LogP contribution in [0.2, 0.25) is 0 Å². The fourth-order valence-corrected chi connectivity index (χ4v) is 2.75. The highest BCUT2D eigenvalue weighted by Crippen LogP contribution is 2.24. The van der Waals surface area contributed by atoms with Gasteiger partial charge in [-0.05, 0) is 41.5 Å². The largest absolute Gasteiger partial charge is 0.368 e. The van der Waals surface area contributed by atoms with E-state index < -0.39 is 0 Å². The van der Waals surface area contributed by atoms with E-state index in [2.05, 4.69) is 29.4 Å². The van der Waals surface area contributed by atoms with Gasteiger partial charge in [0.1, 0.15) is 11.6 Å². The topological polar surface area (TPSA) is 63.8 Å². The third-order valence-corrected chi connectivity index (χ3v) is 4.46. The van der Waals surface area contributed by atoms with Gasteiger partial charge in [-0.25, -0.2) is 4.39 Å². The van der Waals surface area contributed by atoms with Gasteiger partial charge >= 0.3 is 0 Å². The third-order valence-electron chi connectivity index (χ3n) is 4.46. The van der Waals surface area contributed by atoms with Crippen molar-refractivity contribution in [1.29, 1.82) is 0 Å². The SMILES string of the molecule is CC(C)(CNc1ccc(-c2cccc(CN)c2)nn1)c1ccc(F)cc1. The van der Waals surface area contributed by atoms with Crippen molar-refractivity contribution in [1.82, 2.24) is 10.2 Å². The molecule has 0 saturated heterocycles. The molecular formula is C21H23FN4. The van der Waals surface area contributed by atoms with E-state index in [1.165, 1.54) is 12.1 Å².